The van der Waals surface area contributed by atoms with Gasteiger partial charge in [-0.25, -0.2) is 0 Å². The van der Waals surface area contributed by atoms with Gasteiger partial charge in [0, 0.05) is 0 Å². The number of rotatable bonds is 4. The predicted molar refractivity (Wildman–Crippen MR) is 132 cm³/mol. The summed E-state index contributed by atoms with van der Waals surface area (Å²) in [6, 6.07) is 19.4. The van der Waals surface area contributed by atoms with E-state index in [0.717, 1.165) is 12.0 Å². The Bertz CT molecular complexity index is 1250. The van der Waals surface area contributed by atoms with Crippen LogP contribution < -0.4 is 0 Å². The monoisotopic (exact) mass is 414 g/mol. The van der Waals surface area contributed by atoms with Crippen molar-refractivity contribution in [1.29, 1.82) is 0 Å². The Labute approximate surface area is 185 Å². The van der Waals surface area contributed by atoms with Gasteiger partial charge in [0.2, 0.25) is 0 Å². The molecule has 0 aliphatic carbocycles. The first kappa shape index (κ1) is 21.6. The van der Waals surface area contributed by atoms with Gasteiger partial charge in [0.05, 0.1) is 5.41 Å². The summed E-state index contributed by atoms with van der Waals surface area (Å²) in [7, 11) is 0. The van der Waals surface area contributed by atoms with Crippen LogP contribution in [-0.2, 0) is 16.1 Å². The molecule has 0 radical (unpaired) electrons. The maximum Gasteiger partial charge on any atom is 0.312 e. The molecule has 0 bridgehead atoms. The minimum Gasteiger partial charge on any atom is -0.460 e. The summed E-state index contributed by atoms with van der Waals surface area (Å²) in [5.74, 6) is -0.111. The number of hydrogen-bond acceptors (Lipinski definition) is 2. The fourth-order valence-corrected chi connectivity index (χ4v) is 4.96. The molecule has 4 aromatic carbocycles. The smallest absolute Gasteiger partial charge is 0.312 e. The molecule has 162 valence electrons. The third-order valence-electron chi connectivity index (χ3n) is 6.94. The lowest BCUT2D eigenvalue weighted by Gasteiger charge is -2.43. The number of benzene rings is 4. The number of ether oxygens (including phenoxy) is 1. The van der Waals surface area contributed by atoms with E-state index < -0.39 is 5.41 Å². The summed E-state index contributed by atoms with van der Waals surface area (Å²) in [5, 5.41) is 7.39. The number of carbonyl (C=O) groups excluding carboxylic acids is 1. The molecule has 2 nitrogen and oxygen atoms in total. The Morgan fingerprint density at radius 2 is 1.35 bits per heavy atom. The minimum absolute atomic E-state index is 0.0331. The molecule has 1 atom stereocenters. The molecule has 0 heterocycles. The van der Waals surface area contributed by atoms with Gasteiger partial charge in [-0.3, -0.25) is 4.79 Å². The highest BCUT2D eigenvalue weighted by Crippen LogP contribution is 2.47. The van der Waals surface area contributed by atoms with Gasteiger partial charge in [-0.05, 0) is 68.1 Å². The molecule has 0 fully saturated rings. The van der Waals surface area contributed by atoms with Gasteiger partial charge in [-0.15, -0.1) is 0 Å². The molecule has 0 aromatic heterocycles. The highest BCUT2D eigenvalue weighted by molar-refractivity contribution is 6.23. The van der Waals surface area contributed by atoms with Crippen molar-refractivity contribution in [2.24, 2.45) is 16.2 Å². The van der Waals surface area contributed by atoms with Crippen LogP contribution in [0.25, 0.3) is 32.3 Å². The van der Waals surface area contributed by atoms with Gasteiger partial charge in [0.15, 0.2) is 0 Å². The van der Waals surface area contributed by atoms with Gasteiger partial charge in [0.25, 0.3) is 0 Å². The number of esters is 1. The van der Waals surface area contributed by atoms with Crippen molar-refractivity contribution in [2.45, 2.75) is 61.5 Å². The Morgan fingerprint density at radius 3 is 1.97 bits per heavy atom. The Hall–Kier alpha value is -2.61. The molecule has 0 aliphatic rings. The first-order chi connectivity index (χ1) is 14.4. The molecule has 0 saturated carbocycles. The maximum atomic E-state index is 13.5. The van der Waals surface area contributed by atoms with E-state index in [-0.39, 0.29) is 16.8 Å². The van der Waals surface area contributed by atoms with Crippen molar-refractivity contribution in [3.8, 4) is 0 Å². The molecule has 31 heavy (non-hydrogen) atoms. The average molecular weight is 415 g/mol. The second-order valence-corrected chi connectivity index (χ2v) is 11.5. The molecular formula is C29H34O2. The van der Waals surface area contributed by atoms with Crippen molar-refractivity contribution in [1.82, 2.24) is 0 Å². The summed E-state index contributed by atoms with van der Waals surface area (Å²) in [4.78, 5) is 13.5. The standard InChI is InChI=1S/C29H34O2/c1-27(2,3)18-29(7,28(4,5)6)26(30)31-17-22-16-21-12-8-10-19-14-15-20-11-9-13-23(22)25(20)24(19)21/h8-16H,17-18H2,1-7H3. The van der Waals surface area contributed by atoms with Crippen LogP contribution in [0.4, 0.5) is 0 Å². The zero-order chi connectivity index (χ0) is 22.6. The molecule has 0 aliphatic heterocycles. The van der Waals surface area contributed by atoms with Gasteiger partial charge >= 0.3 is 5.97 Å². The van der Waals surface area contributed by atoms with E-state index >= 15 is 0 Å². The van der Waals surface area contributed by atoms with E-state index in [1.54, 1.807) is 0 Å². The van der Waals surface area contributed by atoms with E-state index in [9.17, 15) is 4.79 Å². The van der Waals surface area contributed by atoms with Crippen LogP contribution in [0, 0.1) is 16.2 Å². The van der Waals surface area contributed by atoms with Crippen LogP contribution in [0.15, 0.2) is 54.6 Å². The van der Waals surface area contributed by atoms with Crippen LogP contribution in [0.3, 0.4) is 0 Å². The second kappa shape index (κ2) is 7.22. The molecule has 0 amide bonds. The zero-order valence-corrected chi connectivity index (χ0v) is 19.9. The summed E-state index contributed by atoms with van der Waals surface area (Å²) in [6.07, 6.45) is 0.777. The third kappa shape index (κ3) is 3.78. The van der Waals surface area contributed by atoms with E-state index in [0.29, 0.717) is 6.61 Å². The second-order valence-electron chi connectivity index (χ2n) is 11.5. The maximum absolute atomic E-state index is 13.5. The van der Waals surface area contributed by atoms with E-state index in [1.807, 2.05) is 0 Å². The quantitative estimate of drug-likeness (QED) is 0.249. The molecule has 0 saturated heterocycles. The van der Waals surface area contributed by atoms with Gasteiger partial charge in [0.1, 0.15) is 6.61 Å². The van der Waals surface area contributed by atoms with Gasteiger partial charge in [-0.2, -0.15) is 0 Å². The van der Waals surface area contributed by atoms with Crippen molar-refractivity contribution in [2.75, 3.05) is 0 Å². The van der Waals surface area contributed by atoms with Crippen LogP contribution in [0.1, 0.15) is 60.5 Å². The van der Waals surface area contributed by atoms with Gasteiger partial charge < -0.3 is 4.74 Å². The summed E-state index contributed by atoms with van der Waals surface area (Å²) in [6.45, 7) is 15.3. The first-order valence-corrected chi connectivity index (χ1v) is 11.2. The molecule has 0 spiro atoms. The Morgan fingerprint density at radius 1 is 0.774 bits per heavy atom. The van der Waals surface area contributed by atoms with Crippen molar-refractivity contribution in [3.05, 3.63) is 60.2 Å². The van der Waals surface area contributed by atoms with Crippen LogP contribution in [-0.4, -0.2) is 5.97 Å². The normalized spacial score (nSPS) is 14.9. The Balaban J connectivity index is 1.74. The zero-order valence-electron chi connectivity index (χ0n) is 19.9. The summed E-state index contributed by atoms with van der Waals surface area (Å²) < 4.78 is 6.05. The molecule has 4 rings (SSSR count). The molecule has 1 unspecified atom stereocenters. The fraction of sp³-hybridized carbons (Fsp3) is 0.414. The first-order valence-electron chi connectivity index (χ1n) is 11.2. The lowest BCUT2D eigenvalue weighted by molar-refractivity contribution is -0.166. The van der Waals surface area contributed by atoms with E-state index in [1.165, 1.54) is 32.3 Å². The van der Waals surface area contributed by atoms with Crippen LogP contribution in [0.2, 0.25) is 0 Å². The van der Waals surface area contributed by atoms with Crippen molar-refractivity contribution >= 4 is 38.3 Å². The van der Waals surface area contributed by atoms with Gasteiger partial charge in [-0.1, -0.05) is 90.1 Å². The Kier molecular flexibility index (Phi) is 5.04. The molecular weight excluding hydrogens is 380 g/mol. The van der Waals surface area contributed by atoms with Crippen molar-refractivity contribution in [3.63, 3.8) is 0 Å². The highest BCUT2D eigenvalue weighted by atomic mass is 16.5. The number of carbonyl (C=O) groups is 1. The largest absolute Gasteiger partial charge is 0.460 e. The van der Waals surface area contributed by atoms with Crippen LogP contribution in [0.5, 0.6) is 0 Å². The molecule has 2 heteroatoms. The topological polar surface area (TPSA) is 26.3 Å². The lowest BCUT2D eigenvalue weighted by atomic mass is 9.61. The van der Waals surface area contributed by atoms with E-state index in [4.69, 9.17) is 4.74 Å². The third-order valence-corrected chi connectivity index (χ3v) is 6.94. The molecule has 0 N–H and O–H groups in total. The van der Waals surface area contributed by atoms with Crippen molar-refractivity contribution < 1.29 is 9.53 Å². The molecule has 4 aromatic rings. The predicted octanol–water partition coefficient (Wildman–Crippen LogP) is 8.12. The van der Waals surface area contributed by atoms with E-state index in [2.05, 4.69) is 103 Å². The SMILES string of the molecule is CC(C)(C)CC(C)(C(=O)OCc1cc2cccc3ccc4cccc1c4c32)C(C)(C)C. The van der Waals surface area contributed by atoms with Crippen LogP contribution >= 0.6 is 0 Å². The minimum atomic E-state index is -0.565. The highest BCUT2D eigenvalue weighted by Gasteiger charge is 2.47. The average Bonchev–Trinajstić information content (AvgIpc) is 2.68. The summed E-state index contributed by atoms with van der Waals surface area (Å²) in [5.41, 5.74) is 0.337. The number of hydrogen-bond donors (Lipinski definition) is 0. The summed E-state index contributed by atoms with van der Waals surface area (Å²) >= 11 is 0. The fourth-order valence-electron chi connectivity index (χ4n) is 4.96. The lowest BCUT2D eigenvalue weighted by Crippen LogP contribution is -2.44.